The molecule has 162 valence electrons. The van der Waals surface area contributed by atoms with Gasteiger partial charge in [-0.25, -0.2) is 9.37 Å². The van der Waals surface area contributed by atoms with Crippen LogP contribution in [0.2, 0.25) is 0 Å². The summed E-state index contributed by atoms with van der Waals surface area (Å²) in [7, 11) is 1.83. The van der Waals surface area contributed by atoms with Gasteiger partial charge in [0.2, 0.25) is 11.9 Å². The summed E-state index contributed by atoms with van der Waals surface area (Å²) >= 11 is 0. The summed E-state index contributed by atoms with van der Waals surface area (Å²) in [5, 5.41) is 20.7. The van der Waals surface area contributed by atoms with Gasteiger partial charge in [-0.05, 0) is 31.5 Å². The number of hydrogen-bond donors (Lipinski definition) is 3. The summed E-state index contributed by atoms with van der Waals surface area (Å²) in [6.45, 7) is 4.33. The van der Waals surface area contributed by atoms with Crippen molar-refractivity contribution in [3.05, 3.63) is 59.3 Å². The molecule has 3 N–H and O–H groups in total. The van der Waals surface area contributed by atoms with Crippen LogP contribution in [-0.4, -0.2) is 43.9 Å². The second-order valence-corrected chi connectivity index (χ2v) is 7.60. The van der Waals surface area contributed by atoms with Gasteiger partial charge < -0.3 is 20.6 Å². The number of aliphatic hydroxyl groups is 1. The highest BCUT2D eigenvalue weighted by molar-refractivity contribution is 6.03. The van der Waals surface area contributed by atoms with Crippen molar-refractivity contribution < 1.29 is 14.3 Å². The van der Waals surface area contributed by atoms with Crippen molar-refractivity contribution in [3.63, 3.8) is 0 Å². The lowest BCUT2D eigenvalue weighted by molar-refractivity contribution is -0.117. The summed E-state index contributed by atoms with van der Waals surface area (Å²) in [5.41, 5.74) is 2.82. The third-order valence-electron chi connectivity index (χ3n) is 5.37. The van der Waals surface area contributed by atoms with E-state index in [2.05, 4.69) is 25.7 Å². The number of carbonyl (C=O) groups excluding carboxylic acids is 1. The third-order valence-corrected chi connectivity index (χ3v) is 5.37. The van der Waals surface area contributed by atoms with Gasteiger partial charge in [-0.3, -0.25) is 9.48 Å². The van der Waals surface area contributed by atoms with Crippen LogP contribution in [0.5, 0.6) is 0 Å². The molecule has 0 bridgehead atoms. The highest BCUT2D eigenvalue weighted by Gasteiger charge is 2.30. The van der Waals surface area contributed by atoms with Gasteiger partial charge in [0.25, 0.3) is 0 Å². The normalized spacial score (nSPS) is 16.6. The van der Waals surface area contributed by atoms with Crippen molar-refractivity contribution in [2.75, 3.05) is 22.6 Å². The fourth-order valence-electron chi connectivity index (χ4n) is 3.37. The minimum Gasteiger partial charge on any atom is -0.386 e. The van der Waals surface area contributed by atoms with E-state index in [1.165, 1.54) is 12.1 Å². The molecule has 10 heteroatoms. The Hall–Kier alpha value is -3.53. The van der Waals surface area contributed by atoms with Crippen molar-refractivity contribution in [1.82, 2.24) is 19.7 Å². The molecule has 1 aromatic carbocycles. The third kappa shape index (κ3) is 4.33. The quantitative estimate of drug-likeness (QED) is 0.556. The number of carbonyl (C=O) groups is 1. The molecule has 0 radical (unpaired) electrons. The number of hydrogen-bond acceptors (Lipinski definition) is 7. The summed E-state index contributed by atoms with van der Waals surface area (Å²) < 4.78 is 14.7. The Balaban J connectivity index is 1.41. The lowest BCUT2D eigenvalue weighted by Crippen LogP contribution is -2.44. The fourth-order valence-corrected chi connectivity index (χ4v) is 3.37. The number of aryl methyl sites for hydroxylation is 1. The summed E-state index contributed by atoms with van der Waals surface area (Å²) in [6, 6.07) is 5.44. The summed E-state index contributed by atoms with van der Waals surface area (Å²) in [6.07, 6.45) is 2.73. The lowest BCUT2D eigenvalue weighted by Gasteiger charge is -2.32. The van der Waals surface area contributed by atoms with Gasteiger partial charge in [0.15, 0.2) is 5.82 Å². The number of fused-ring (bicyclic) bond motifs is 1. The highest BCUT2D eigenvalue weighted by atomic mass is 19.1. The molecule has 1 aliphatic rings. The van der Waals surface area contributed by atoms with Crippen LogP contribution < -0.4 is 15.5 Å². The number of aliphatic hydroxyl groups excluding tert-OH is 1. The number of aromatic nitrogens is 4. The first-order valence-electron chi connectivity index (χ1n) is 9.93. The molecule has 3 aromatic rings. The van der Waals surface area contributed by atoms with E-state index in [9.17, 15) is 14.3 Å². The van der Waals surface area contributed by atoms with E-state index in [0.717, 1.165) is 5.56 Å². The van der Waals surface area contributed by atoms with Crippen molar-refractivity contribution >= 4 is 23.4 Å². The second-order valence-electron chi connectivity index (χ2n) is 7.60. The number of nitrogens with zero attached hydrogens (tertiary/aromatic N) is 5. The molecule has 1 amide bonds. The Labute approximate surface area is 178 Å². The number of benzene rings is 1. The van der Waals surface area contributed by atoms with Crippen LogP contribution in [0.15, 0.2) is 36.7 Å². The largest absolute Gasteiger partial charge is 0.386 e. The van der Waals surface area contributed by atoms with Gasteiger partial charge in [0.1, 0.15) is 17.5 Å². The zero-order chi connectivity index (χ0) is 22.1. The van der Waals surface area contributed by atoms with Gasteiger partial charge in [-0.15, -0.1) is 0 Å². The monoisotopic (exact) mass is 425 g/mol. The Morgan fingerprint density at radius 2 is 2.03 bits per heavy atom. The molecule has 4 rings (SSSR count). The molecule has 3 heterocycles. The van der Waals surface area contributed by atoms with E-state index < -0.39 is 6.10 Å². The molecule has 0 aliphatic carbocycles. The molecule has 0 saturated heterocycles. The first-order chi connectivity index (χ1) is 14.8. The van der Waals surface area contributed by atoms with E-state index in [-0.39, 0.29) is 24.3 Å². The van der Waals surface area contributed by atoms with Crippen LogP contribution >= 0.6 is 0 Å². The smallest absolute Gasteiger partial charge is 0.246 e. The average Bonchev–Trinajstić information content (AvgIpc) is 3.19. The average molecular weight is 425 g/mol. The molecule has 2 atom stereocenters. The van der Waals surface area contributed by atoms with Crippen molar-refractivity contribution in [1.29, 1.82) is 0 Å². The Morgan fingerprint density at radius 1 is 1.29 bits per heavy atom. The van der Waals surface area contributed by atoms with Gasteiger partial charge in [0.05, 0.1) is 24.5 Å². The Bertz CT molecular complexity index is 1100. The van der Waals surface area contributed by atoms with Gasteiger partial charge in [-0.1, -0.05) is 12.1 Å². The van der Waals surface area contributed by atoms with Crippen LogP contribution in [0.3, 0.4) is 0 Å². The minimum absolute atomic E-state index is 0.0855. The number of amides is 1. The van der Waals surface area contributed by atoms with Crippen LogP contribution in [0.4, 0.5) is 21.8 Å². The molecule has 0 fully saturated rings. The minimum atomic E-state index is -0.791. The van der Waals surface area contributed by atoms with E-state index in [0.29, 0.717) is 35.3 Å². The Morgan fingerprint density at radius 3 is 2.77 bits per heavy atom. The number of rotatable bonds is 6. The predicted octanol–water partition coefficient (Wildman–Crippen LogP) is 2.24. The fraction of sp³-hybridized carbons (Fsp3) is 0.333. The molecule has 0 spiro atoms. The first-order valence-corrected chi connectivity index (χ1v) is 9.93. The van der Waals surface area contributed by atoms with E-state index >= 15 is 0 Å². The van der Waals surface area contributed by atoms with Crippen LogP contribution in [0, 0.1) is 12.7 Å². The SMILES string of the molecule is Cc1nc(NCc2cnn(CC(O)c3ccc(F)cc3)c2)nc2c1NC(=O)[C@H](C)N2C. The lowest BCUT2D eigenvalue weighted by atomic mass is 10.1. The van der Waals surface area contributed by atoms with Crippen molar-refractivity contribution in [2.45, 2.75) is 39.1 Å². The Kier molecular flexibility index (Phi) is 5.55. The first kappa shape index (κ1) is 20.7. The highest BCUT2D eigenvalue weighted by Crippen LogP contribution is 2.32. The maximum atomic E-state index is 13.0. The summed E-state index contributed by atoms with van der Waals surface area (Å²) in [5.74, 6) is 0.689. The van der Waals surface area contributed by atoms with E-state index in [1.807, 2.05) is 32.0 Å². The predicted molar refractivity (Wildman–Crippen MR) is 114 cm³/mol. The number of halogens is 1. The van der Waals surface area contributed by atoms with Gasteiger partial charge >= 0.3 is 0 Å². The van der Waals surface area contributed by atoms with Crippen LogP contribution in [0.1, 0.15) is 29.8 Å². The standard InChI is InChI=1S/C21H24FN7O2/c1-12-18-19(28(3)13(2)20(31)26-18)27-21(25-12)23-8-14-9-24-29(10-14)11-17(30)15-4-6-16(22)7-5-15/h4-7,9-10,13,17,30H,8,11H2,1-3H3,(H,26,31)(H,23,25,27)/t13-,17?/m0/s1. The van der Waals surface area contributed by atoms with E-state index in [4.69, 9.17) is 0 Å². The zero-order valence-electron chi connectivity index (χ0n) is 17.5. The molecule has 0 saturated carbocycles. The molecule has 31 heavy (non-hydrogen) atoms. The molecule has 2 aromatic heterocycles. The molecular weight excluding hydrogens is 401 g/mol. The second kappa shape index (κ2) is 8.31. The van der Waals surface area contributed by atoms with Crippen LogP contribution in [0.25, 0.3) is 0 Å². The van der Waals surface area contributed by atoms with Crippen molar-refractivity contribution in [2.24, 2.45) is 0 Å². The zero-order valence-corrected chi connectivity index (χ0v) is 17.5. The van der Waals surface area contributed by atoms with Crippen LogP contribution in [-0.2, 0) is 17.9 Å². The van der Waals surface area contributed by atoms with Gasteiger partial charge in [0, 0.05) is 25.4 Å². The molecular formula is C21H24FN7O2. The van der Waals surface area contributed by atoms with Crippen molar-refractivity contribution in [3.8, 4) is 0 Å². The maximum absolute atomic E-state index is 13.0. The summed E-state index contributed by atoms with van der Waals surface area (Å²) in [4.78, 5) is 22.8. The number of likely N-dealkylation sites (N-methyl/N-ethyl adjacent to an activating group) is 1. The maximum Gasteiger partial charge on any atom is 0.246 e. The number of nitrogens with one attached hydrogen (secondary N) is 2. The number of anilines is 3. The van der Waals surface area contributed by atoms with E-state index in [1.54, 1.807) is 23.0 Å². The molecule has 1 unspecified atom stereocenters. The molecule has 9 nitrogen and oxygen atoms in total. The topological polar surface area (TPSA) is 108 Å². The van der Waals surface area contributed by atoms with Gasteiger partial charge in [-0.2, -0.15) is 10.1 Å². The molecule has 1 aliphatic heterocycles.